The highest BCUT2D eigenvalue weighted by Gasteiger charge is 2.36. The summed E-state index contributed by atoms with van der Waals surface area (Å²) in [5.74, 6) is -0.821. The van der Waals surface area contributed by atoms with Crippen molar-refractivity contribution in [1.29, 1.82) is 0 Å². The summed E-state index contributed by atoms with van der Waals surface area (Å²) >= 11 is 1.29. The highest BCUT2D eigenvalue weighted by Crippen LogP contribution is 2.33. The van der Waals surface area contributed by atoms with Crippen molar-refractivity contribution in [1.82, 2.24) is 29.2 Å². The highest BCUT2D eigenvalue weighted by molar-refractivity contribution is 7.03. The lowest BCUT2D eigenvalue weighted by Crippen LogP contribution is -2.47. The zero-order chi connectivity index (χ0) is 26.6. The zero-order valence-corrected chi connectivity index (χ0v) is 21.6. The van der Waals surface area contributed by atoms with E-state index in [2.05, 4.69) is 14.5 Å². The molecular weight excluding hydrogens is 505 g/mol. The summed E-state index contributed by atoms with van der Waals surface area (Å²) < 4.78 is 21.0. The molecule has 0 bridgehead atoms. The molecule has 1 aliphatic carbocycles. The van der Waals surface area contributed by atoms with E-state index in [9.17, 15) is 9.59 Å². The molecule has 38 heavy (non-hydrogen) atoms. The third kappa shape index (κ3) is 4.14. The van der Waals surface area contributed by atoms with Crippen molar-refractivity contribution in [3.05, 3.63) is 71.1 Å². The monoisotopic (exact) mass is 529 g/mol. The quantitative estimate of drug-likeness (QED) is 0.338. The molecule has 3 heterocycles. The van der Waals surface area contributed by atoms with E-state index >= 15 is 4.39 Å². The molecule has 9 nitrogen and oxygen atoms in total. The van der Waals surface area contributed by atoms with Crippen LogP contribution in [0, 0.1) is 11.7 Å². The second-order valence-electron chi connectivity index (χ2n) is 9.48. The third-order valence-corrected chi connectivity index (χ3v) is 7.52. The SMILES string of the molecule is CN(C(=O)C1CC1)N(Cc1ccc(-c2cnsc2)cc1F)C(=O)c1ccc2nc(N)c3cnn(C)c3c2c1. The predicted molar refractivity (Wildman–Crippen MR) is 143 cm³/mol. The van der Waals surface area contributed by atoms with Crippen LogP contribution in [0.15, 0.2) is 54.2 Å². The van der Waals surface area contributed by atoms with Gasteiger partial charge >= 0.3 is 0 Å². The van der Waals surface area contributed by atoms with Crippen LogP contribution in [0.4, 0.5) is 10.2 Å². The first-order chi connectivity index (χ1) is 18.3. The molecular formula is C27H24FN7O2S. The minimum atomic E-state index is -0.464. The Balaban J connectivity index is 1.39. The summed E-state index contributed by atoms with van der Waals surface area (Å²) in [6.45, 7) is -0.110. The normalized spacial score (nSPS) is 13.2. The van der Waals surface area contributed by atoms with Crippen LogP contribution in [0.25, 0.3) is 32.9 Å². The molecule has 0 atom stereocenters. The molecule has 6 rings (SSSR count). The average molecular weight is 530 g/mol. The maximum atomic E-state index is 15.2. The van der Waals surface area contributed by atoms with Crippen LogP contribution in [0.2, 0.25) is 0 Å². The lowest BCUT2D eigenvalue weighted by Gasteiger charge is -2.32. The molecule has 0 saturated heterocycles. The number of rotatable bonds is 5. The van der Waals surface area contributed by atoms with Gasteiger partial charge < -0.3 is 5.73 Å². The van der Waals surface area contributed by atoms with E-state index in [4.69, 9.17) is 5.73 Å². The van der Waals surface area contributed by atoms with Crippen LogP contribution in [-0.2, 0) is 18.4 Å². The largest absolute Gasteiger partial charge is 0.383 e. The van der Waals surface area contributed by atoms with Gasteiger partial charge in [0.05, 0.1) is 29.2 Å². The Morgan fingerprint density at radius 1 is 1.13 bits per heavy atom. The molecule has 3 aromatic heterocycles. The molecule has 0 aliphatic heterocycles. The van der Waals surface area contributed by atoms with Crippen LogP contribution < -0.4 is 5.73 Å². The summed E-state index contributed by atoms with van der Waals surface area (Å²) in [7, 11) is 3.35. The Morgan fingerprint density at radius 3 is 2.66 bits per heavy atom. The Hall–Kier alpha value is -4.38. The van der Waals surface area contributed by atoms with Gasteiger partial charge in [0.1, 0.15) is 11.6 Å². The van der Waals surface area contributed by atoms with Crippen molar-refractivity contribution in [2.24, 2.45) is 13.0 Å². The highest BCUT2D eigenvalue weighted by atomic mass is 32.1. The van der Waals surface area contributed by atoms with Gasteiger partial charge in [-0.15, -0.1) is 0 Å². The predicted octanol–water partition coefficient (Wildman–Crippen LogP) is 4.39. The molecule has 1 aliphatic rings. The number of anilines is 1. The van der Waals surface area contributed by atoms with Crippen molar-refractivity contribution in [3.63, 3.8) is 0 Å². The van der Waals surface area contributed by atoms with Crippen LogP contribution in [0.5, 0.6) is 0 Å². The number of carbonyl (C=O) groups excluding carboxylic acids is 2. The summed E-state index contributed by atoms with van der Waals surface area (Å²) in [6.07, 6.45) is 4.88. The number of halogens is 1. The number of nitrogen functional groups attached to an aromatic ring is 1. The van der Waals surface area contributed by atoms with Crippen molar-refractivity contribution < 1.29 is 14.0 Å². The third-order valence-electron chi connectivity index (χ3n) is 6.94. The minimum Gasteiger partial charge on any atom is -0.383 e. The van der Waals surface area contributed by atoms with Gasteiger partial charge in [-0.2, -0.15) is 5.10 Å². The average Bonchev–Trinajstić information content (AvgIpc) is 3.46. The fourth-order valence-corrected chi connectivity index (χ4v) is 5.18. The number of amides is 2. The molecule has 0 spiro atoms. The summed E-state index contributed by atoms with van der Waals surface area (Å²) in [5, 5.41) is 10.1. The number of fused-ring (bicyclic) bond motifs is 3. The lowest BCUT2D eigenvalue weighted by atomic mass is 10.1. The van der Waals surface area contributed by atoms with E-state index in [1.807, 2.05) is 5.38 Å². The Morgan fingerprint density at radius 2 is 1.95 bits per heavy atom. The van der Waals surface area contributed by atoms with Crippen LogP contribution in [0.1, 0.15) is 28.8 Å². The standard InChI is InChI=1S/C27H24FN7O2S/c1-33-24-20-9-17(7-8-23(20)32-25(29)21(24)12-30-33)27(37)35(34(2)26(36)15-3-4-15)13-18-6-5-16(10-22(18)28)19-11-31-38-14-19/h5-12,14-15H,3-4,13H2,1-2H3,(H2,29,32). The smallest absolute Gasteiger partial charge is 0.272 e. The van der Waals surface area contributed by atoms with Gasteiger partial charge in [-0.05, 0) is 54.2 Å². The number of carbonyl (C=O) groups is 2. The Bertz CT molecular complexity index is 1710. The van der Waals surface area contributed by atoms with E-state index in [0.29, 0.717) is 38.8 Å². The van der Waals surface area contributed by atoms with Crippen molar-refractivity contribution in [2.75, 3.05) is 12.8 Å². The number of nitrogens with two attached hydrogens (primary N) is 1. The van der Waals surface area contributed by atoms with E-state index in [-0.39, 0.29) is 18.4 Å². The molecule has 2 aromatic carbocycles. The first-order valence-corrected chi connectivity index (χ1v) is 12.9. The minimum absolute atomic E-state index is 0.110. The number of aryl methyl sites for hydroxylation is 1. The van der Waals surface area contributed by atoms with Crippen molar-refractivity contribution in [3.8, 4) is 11.1 Å². The van der Waals surface area contributed by atoms with Crippen molar-refractivity contribution in [2.45, 2.75) is 19.4 Å². The first-order valence-electron chi connectivity index (χ1n) is 12.1. The van der Waals surface area contributed by atoms with Crippen LogP contribution >= 0.6 is 11.5 Å². The summed E-state index contributed by atoms with van der Waals surface area (Å²) in [4.78, 5) is 31.4. The molecule has 11 heteroatoms. The van der Waals surface area contributed by atoms with Gasteiger partial charge in [-0.1, -0.05) is 12.1 Å². The number of hydrazine groups is 1. The Kier molecular flexibility index (Phi) is 5.79. The van der Waals surface area contributed by atoms with Gasteiger partial charge in [-0.25, -0.2) is 18.8 Å². The first kappa shape index (κ1) is 24.0. The molecule has 2 N–H and O–H groups in total. The fraction of sp³-hybridized carbons (Fsp3) is 0.222. The molecule has 1 saturated carbocycles. The number of nitrogens with zero attached hydrogens (tertiary/aromatic N) is 6. The van der Waals surface area contributed by atoms with Gasteiger partial charge in [0.2, 0.25) is 5.91 Å². The van der Waals surface area contributed by atoms with E-state index in [1.165, 1.54) is 27.6 Å². The van der Waals surface area contributed by atoms with Gasteiger partial charge in [0.25, 0.3) is 5.91 Å². The molecule has 2 amide bonds. The fourth-order valence-electron chi connectivity index (χ4n) is 4.63. The van der Waals surface area contributed by atoms with E-state index < -0.39 is 11.7 Å². The lowest BCUT2D eigenvalue weighted by molar-refractivity contribution is -0.144. The molecule has 0 radical (unpaired) electrons. The summed E-state index contributed by atoms with van der Waals surface area (Å²) in [6, 6.07) is 9.94. The second kappa shape index (κ2) is 9.18. The number of hydrogen-bond acceptors (Lipinski definition) is 7. The number of benzene rings is 2. The van der Waals surface area contributed by atoms with Gasteiger partial charge in [0.15, 0.2) is 0 Å². The van der Waals surface area contributed by atoms with Gasteiger partial charge in [-0.3, -0.25) is 19.3 Å². The molecule has 1 fully saturated rings. The number of hydrogen-bond donors (Lipinski definition) is 1. The van der Waals surface area contributed by atoms with Gasteiger partial charge in [0, 0.05) is 53.7 Å². The summed E-state index contributed by atoms with van der Waals surface area (Å²) in [5.41, 5.74) is 9.63. The van der Waals surface area contributed by atoms with Crippen molar-refractivity contribution >= 4 is 51.0 Å². The maximum absolute atomic E-state index is 15.2. The van der Waals surface area contributed by atoms with Crippen LogP contribution in [0.3, 0.4) is 0 Å². The molecule has 0 unspecified atom stereocenters. The topological polar surface area (TPSA) is 110 Å². The van der Waals surface area contributed by atoms with E-state index in [0.717, 1.165) is 23.9 Å². The van der Waals surface area contributed by atoms with Crippen LogP contribution in [-0.4, -0.2) is 48.0 Å². The van der Waals surface area contributed by atoms with E-state index in [1.54, 1.807) is 61.5 Å². The Labute approximate surface area is 221 Å². The number of pyridine rings is 1. The molecule has 5 aromatic rings. The second-order valence-corrected chi connectivity index (χ2v) is 10.1. The molecule has 192 valence electrons. The zero-order valence-electron chi connectivity index (χ0n) is 20.8. The maximum Gasteiger partial charge on any atom is 0.272 e. The number of aromatic nitrogens is 4.